The summed E-state index contributed by atoms with van der Waals surface area (Å²) >= 11 is 0. The Kier molecular flexibility index (Phi) is 3.96. The van der Waals surface area contributed by atoms with Gasteiger partial charge in [0.05, 0.1) is 7.11 Å². The molecule has 1 fully saturated rings. The number of likely N-dealkylation sites (tertiary alicyclic amines) is 1. The first-order valence-corrected chi connectivity index (χ1v) is 8.51. The number of nitrogens with one attached hydrogen (secondary N) is 1. The van der Waals surface area contributed by atoms with Crippen LogP contribution in [0.4, 0.5) is 4.39 Å². The monoisotopic (exact) mass is 340 g/mol. The standard InChI is InChI=1S/C20H21FN2O2/c1-23-10-14-9-22-20(24)16-7-12(3-5-15(16)17(14)11-23)13-4-6-19(25-2)18(21)8-13/h3-8,14,17H,9-11H2,1-2H3,(H,22,24). The fraction of sp³-hybridized carbons (Fsp3) is 0.350. The van der Waals surface area contributed by atoms with Gasteiger partial charge in [-0.2, -0.15) is 0 Å². The first kappa shape index (κ1) is 16.1. The minimum atomic E-state index is -0.406. The van der Waals surface area contributed by atoms with Crippen molar-refractivity contribution >= 4 is 5.91 Å². The molecule has 0 saturated carbocycles. The van der Waals surface area contributed by atoms with Crippen LogP contribution >= 0.6 is 0 Å². The first-order chi connectivity index (χ1) is 12.1. The number of ether oxygens (including phenoxy) is 1. The Morgan fingerprint density at radius 1 is 1.16 bits per heavy atom. The Bertz CT molecular complexity index is 836. The molecule has 0 aromatic heterocycles. The molecule has 2 atom stereocenters. The van der Waals surface area contributed by atoms with Crippen molar-refractivity contribution in [3.63, 3.8) is 0 Å². The Morgan fingerprint density at radius 2 is 1.92 bits per heavy atom. The molecule has 1 N–H and O–H groups in total. The highest BCUT2D eigenvalue weighted by Crippen LogP contribution is 2.37. The van der Waals surface area contributed by atoms with Crippen LogP contribution in [0, 0.1) is 11.7 Å². The first-order valence-electron chi connectivity index (χ1n) is 8.51. The molecule has 2 aromatic carbocycles. The Balaban J connectivity index is 1.76. The second-order valence-electron chi connectivity index (χ2n) is 6.95. The van der Waals surface area contributed by atoms with E-state index >= 15 is 0 Å². The second-order valence-corrected chi connectivity index (χ2v) is 6.95. The second kappa shape index (κ2) is 6.15. The third-order valence-electron chi connectivity index (χ3n) is 5.33. The van der Waals surface area contributed by atoms with E-state index in [-0.39, 0.29) is 11.7 Å². The molecule has 4 rings (SSSR count). The highest BCUT2D eigenvalue weighted by molar-refractivity contribution is 5.97. The molecule has 0 spiro atoms. The van der Waals surface area contributed by atoms with Gasteiger partial charge in [-0.1, -0.05) is 18.2 Å². The number of nitrogens with zero attached hydrogens (tertiary/aromatic N) is 1. The molecule has 1 saturated heterocycles. The Hall–Kier alpha value is -2.40. The zero-order chi connectivity index (χ0) is 17.6. The van der Waals surface area contributed by atoms with E-state index in [0.717, 1.165) is 29.8 Å². The summed E-state index contributed by atoms with van der Waals surface area (Å²) < 4.78 is 19.0. The predicted octanol–water partition coefficient (Wildman–Crippen LogP) is 2.89. The number of halogens is 1. The largest absolute Gasteiger partial charge is 0.494 e. The number of hydrogen-bond acceptors (Lipinski definition) is 3. The van der Waals surface area contributed by atoms with Crippen molar-refractivity contribution in [1.29, 1.82) is 0 Å². The molecule has 0 bridgehead atoms. The van der Waals surface area contributed by atoms with Crippen LogP contribution in [0.15, 0.2) is 36.4 Å². The molecule has 2 aliphatic heterocycles. The minimum absolute atomic E-state index is 0.0390. The maximum absolute atomic E-state index is 14.0. The van der Waals surface area contributed by atoms with E-state index in [2.05, 4.69) is 17.3 Å². The average molecular weight is 340 g/mol. The summed E-state index contributed by atoms with van der Waals surface area (Å²) in [6.07, 6.45) is 0. The smallest absolute Gasteiger partial charge is 0.251 e. The van der Waals surface area contributed by atoms with Gasteiger partial charge in [0.1, 0.15) is 0 Å². The third-order valence-corrected chi connectivity index (χ3v) is 5.33. The number of likely N-dealkylation sites (N-methyl/N-ethyl adjacent to an activating group) is 1. The fourth-order valence-corrected chi connectivity index (χ4v) is 4.07. The quantitative estimate of drug-likeness (QED) is 0.914. The molecular weight excluding hydrogens is 319 g/mol. The van der Waals surface area contributed by atoms with Gasteiger partial charge in [-0.25, -0.2) is 4.39 Å². The van der Waals surface area contributed by atoms with Crippen molar-refractivity contribution in [3.05, 3.63) is 53.3 Å². The number of hydrogen-bond donors (Lipinski definition) is 1. The van der Waals surface area contributed by atoms with Crippen LogP contribution in [0.2, 0.25) is 0 Å². The summed E-state index contributed by atoms with van der Waals surface area (Å²) in [4.78, 5) is 14.9. The summed E-state index contributed by atoms with van der Waals surface area (Å²) in [6, 6.07) is 10.8. The summed E-state index contributed by atoms with van der Waals surface area (Å²) in [5.74, 6) is 0.577. The summed E-state index contributed by atoms with van der Waals surface area (Å²) in [6.45, 7) is 2.66. The molecule has 2 unspecified atom stereocenters. The number of methoxy groups -OCH3 is 1. The van der Waals surface area contributed by atoms with E-state index in [1.54, 1.807) is 6.07 Å². The van der Waals surface area contributed by atoms with Crippen molar-refractivity contribution in [2.75, 3.05) is 33.8 Å². The summed E-state index contributed by atoms with van der Waals surface area (Å²) in [5, 5.41) is 3.04. The van der Waals surface area contributed by atoms with Crippen LogP contribution in [-0.2, 0) is 0 Å². The summed E-state index contributed by atoms with van der Waals surface area (Å²) in [7, 11) is 3.56. The van der Waals surface area contributed by atoms with Gasteiger partial charge in [0.25, 0.3) is 5.91 Å². The molecule has 0 radical (unpaired) electrons. The molecule has 25 heavy (non-hydrogen) atoms. The van der Waals surface area contributed by atoms with E-state index in [9.17, 15) is 9.18 Å². The molecule has 2 aromatic rings. The highest BCUT2D eigenvalue weighted by atomic mass is 19.1. The molecule has 0 aliphatic carbocycles. The molecule has 1 amide bonds. The molecule has 130 valence electrons. The van der Waals surface area contributed by atoms with Crippen LogP contribution < -0.4 is 10.1 Å². The fourth-order valence-electron chi connectivity index (χ4n) is 4.07. The molecular formula is C20H21FN2O2. The zero-order valence-corrected chi connectivity index (χ0v) is 14.4. The number of carbonyl (C=O) groups excluding carboxylic acids is 1. The van der Waals surface area contributed by atoms with Gasteiger partial charge < -0.3 is 15.0 Å². The maximum atomic E-state index is 14.0. The van der Waals surface area contributed by atoms with Gasteiger partial charge in [0.2, 0.25) is 0 Å². The average Bonchev–Trinajstić information content (AvgIpc) is 2.94. The van der Waals surface area contributed by atoms with Crippen molar-refractivity contribution in [2.45, 2.75) is 5.92 Å². The molecule has 5 heteroatoms. The van der Waals surface area contributed by atoms with Crippen LogP contribution in [0.1, 0.15) is 21.8 Å². The van der Waals surface area contributed by atoms with Crippen molar-refractivity contribution < 1.29 is 13.9 Å². The van der Waals surface area contributed by atoms with E-state index in [1.807, 2.05) is 24.3 Å². The van der Waals surface area contributed by atoms with Crippen LogP contribution in [0.25, 0.3) is 11.1 Å². The Morgan fingerprint density at radius 3 is 2.68 bits per heavy atom. The van der Waals surface area contributed by atoms with E-state index in [4.69, 9.17) is 4.74 Å². The van der Waals surface area contributed by atoms with Gasteiger partial charge in [-0.05, 0) is 47.9 Å². The number of rotatable bonds is 2. The van der Waals surface area contributed by atoms with Gasteiger partial charge in [0, 0.05) is 31.1 Å². The van der Waals surface area contributed by atoms with Crippen molar-refractivity contribution in [1.82, 2.24) is 10.2 Å². The predicted molar refractivity (Wildman–Crippen MR) is 94.4 cm³/mol. The Labute approximate surface area is 146 Å². The SMILES string of the molecule is COc1ccc(-c2ccc3c(c2)C(=O)NCC2CN(C)CC32)cc1F. The lowest BCUT2D eigenvalue weighted by Crippen LogP contribution is -2.29. The number of benzene rings is 2. The lowest BCUT2D eigenvalue weighted by atomic mass is 9.86. The zero-order valence-electron chi connectivity index (χ0n) is 14.4. The number of carbonyl (C=O) groups is 1. The van der Waals surface area contributed by atoms with Gasteiger partial charge in [-0.3, -0.25) is 4.79 Å². The summed E-state index contributed by atoms with van der Waals surface area (Å²) in [5.41, 5.74) is 3.37. The lowest BCUT2D eigenvalue weighted by molar-refractivity contribution is 0.0951. The van der Waals surface area contributed by atoms with Crippen LogP contribution in [-0.4, -0.2) is 44.6 Å². The topological polar surface area (TPSA) is 41.6 Å². The molecule has 4 nitrogen and oxygen atoms in total. The molecule has 2 heterocycles. The van der Waals surface area contributed by atoms with Crippen molar-refractivity contribution in [2.24, 2.45) is 5.92 Å². The van der Waals surface area contributed by atoms with E-state index in [0.29, 0.717) is 23.9 Å². The number of fused-ring (bicyclic) bond motifs is 3. The van der Waals surface area contributed by atoms with Gasteiger partial charge >= 0.3 is 0 Å². The van der Waals surface area contributed by atoms with E-state index < -0.39 is 5.82 Å². The molecule has 2 aliphatic rings. The van der Waals surface area contributed by atoms with Gasteiger partial charge in [-0.15, -0.1) is 0 Å². The van der Waals surface area contributed by atoms with Gasteiger partial charge in [0.15, 0.2) is 11.6 Å². The minimum Gasteiger partial charge on any atom is -0.494 e. The highest BCUT2D eigenvalue weighted by Gasteiger charge is 2.36. The van der Waals surface area contributed by atoms with E-state index in [1.165, 1.54) is 13.2 Å². The van der Waals surface area contributed by atoms with Crippen LogP contribution in [0.5, 0.6) is 5.75 Å². The third kappa shape index (κ3) is 2.78. The van der Waals surface area contributed by atoms with Crippen LogP contribution in [0.3, 0.4) is 0 Å². The normalized spacial score (nSPS) is 22.8. The maximum Gasteiger partial charge on any atom is 0.251 e. The lowest BCUT2D eigenvalue weighted by Gasteiger charge is -2.17. The van der Waals surface area contributed by atoms with Crippen molar-refractivity contribution in [3.8, 4) is 16.9 Å². The number of amides is 1.